The van der Waals surface area contributed by atoms with Crippen LogP contribution in [0.3, 0.4) is 0 Å². The first-order chi connectivity index (χ1) is 14.9. The van der Waals surface area contributed by atoms with E-state index in [9.17, 15) is 13.5 Å². The van der Waals surface area contributed by atoms with Crippen molar-refractivity contribution >= 4 is 27.3 Å². The van der Waals surface area contributed by atoms with Gasteiger partial charge < -0.3 is 15.0 Å². The van der Waals surface area contributed by atoms with Crippen LogP contribution in [-0.2, 0) is 20.9 Å². The van der Waals surface area contributed by atoms with Gasteiger partial charge in [-0.15, -0.1) is 0 Å². The molecule has 1 aromatic carbocycles. The van der Waals surface area contributed by atoms with Gasteiger partial charge in [0.1, 0.15) is 11.8 Å². The summed E-state index contributed by atoms with van der Waals surface area (Å²) in [6, 6.07) is 8.49. The highest BCUT2D eigenvalue weighted by Crippen LogP contribution is 2.38. The summed E-state index contributed by atoms with van der Waals surface area (Å²) in [4.78, 5) is 13.4. The number of rotatable bonds is 6. The van der Waals surface area contributed by atoms with Gasteiger partial charge in [0.05, 0.1) is 25.1 Å². The van der Waals surface area contributed by atoms with Gasteiger partial charge in [0.25, 0.3) is 0 Å². The molecule has 31 heavy (non-hydrogen) atoms. The molecule has 2 heterocycles. The van der Waals surface area contributed by atoms with Crippen LogP contribution in [0.25, 0.3) is 11.2 Å². The average molecular weight is 445 g/mol. The lowest BCUT2D eigenvalue weighted by Gasteiger charge is -2.16. The van der Waals surface area contributed by atoms with Crippen LogP contribution < -0.4 is 10.5 Å². The number of benzene rings is 1. The van der Waals surface area contributed by atoms with Gasteiger partial charge in [0, 0.05) is 12.0 Å². The zero-order chi connectivity index (χ0) is 21.6. The monoisotopic (exact) mass is 444 g/mol. The molecule has 0 bridgehead atoms. The minimum Gasteiger partial charge on any atom is -0.393 e. The lowest BCUT2D eigenvalue weighted by Crippen LogP contribution is -2.24. The summed E-state index contributed by atoms with van der Waals surface area (Å²) < 4.78 is 28.8. The number of aromatic nitrogens is 4. The summed E-state index contributed by atoms with van der Waals surface area (Å²) in [5, 5.41) is 18.8. The number of nitrogens with one attached hydrogen (secondary N) is 1. The van der Waals surface area contributed by atoms with E-state index in [4.69, 9.17) is 5.14 Å². The Morgan fingerprint density at radius 3 is 2.90 bits per heavy atom. The number of anilines is 1. The van der Waals surface area contributed by atoms with Crippen molar-refractivity contribution in [3.05, 3.63) is 48.0 Å². The number of imidazole rings is 1. The van der Waals surface area contributed by atoms with Crippen molar-refractivity contribution in [2.24, 2.45) is 11.1 Å². The van der Waals surface area contributed by atoms with E-state index in [0.29, 0.717) is 29.8 Å². The minimum atomic E-state index is -4.04. The first-order valence-corrected chi connectivity index (χ1v) is 11.7. The molecule has 5 rings (SSSR count). The van der Waals surface area contributed by atoms with E-state index in [1.165, 1.54) is 17.5 Å². The maximum absolute atomic E-state index is 11.1. The van der Waals surface area contributed by atoms with E-state index in [2.05, 4.69) is 42.7 Å². The van der Waals surface area contributed by atoms with Gasteiger partial charge in [-0.1, -0.05) is 24.3 Å². The molecule has 3 aromatic rings. The first kappa shape index (κ1) is 20.3. The molecule has 2 aliphatic carbocycles. The highest BCUT2D eigenvalue weighted by Gasteiger charge is 2.36. The number of aliphatic hydroxyl groups excluding tert-OH is 1. The van der Waals surface area contributed by atoms with Crippen molar-refractivity contribution in [3.63, 3.8) is 0 Å². The van der Waals surface area contributed by atoms with Crippen LogP contribution in [0.5, 0.6) is 0 Å². The van der Waals surface area contributed by atoms with E-state index >= 15 is 0 Å². The molecule has 0 saturated heterocycles. The summed E-state index contributed by atoms with van der Waals surface area (Å²) in [6.45, 7) is -0.147. The standard InChI is InChI=1S/C20H24N6O4S/c21-31(28,29)30-9-13-7-14(8-17(13)27)26-11-24-18-19(22-10-23-20(18)26)25-16-6-5-12-3-1-2-4-15(12)16/h1-4,10-11,13-14,16-17,27H,5-9H2,(H2,21,28,29)(H,22,23,25)/t13-,14-,16+,17+/m1/s1. The van der Waals surface area contributed by atoms with Gasteiger partial charge in [0.15, 0.2) is 11.5 Å². The predicted molar refractivity (Wildman–Crippen MR) is 113 cm³/mol. The Bertz CT molecular complexity index is 1210. The number of hydrogen-bond donors (Lipinski definition) is 3. The second-order valence-electron chi connectivity index (χ2n) is 8.21. The Kier molecular flexibility index (Phi) is 5.13. The van der Waals surface area contributed by atoms with E-state index < -0.39 is 16.4 Å². The summed E-state index contributed by atoms with van der Waals surface area (Å²) in [5.74, 6) is 0.341. The van der Waals surface area contributed by atoms with Crippen molar-refractivity contribution in [1.82, 2.24) is 19.5 Å². The van der Waals surface area contributed by atoms with Crippen molar-refractivity contribution in [2.75, 3.05) is 11.9 Å². The highest BCUT2D eigenvalue weighted by atomic mass is 32.2. The average Bonchev–Trinajstić information content (AvgIpc) is 3.43. The smallest absolute Gasteiger partial charge is 0.333 e. The summed E-state index contributed by atoms with van der Waals surface area (Å²) in [6.07, 6.45) is 5.52. The number of nitrogens with zero attached hydrogens (tertiary/aromatic N) is 4. The molecule has 1 saturated carbocycles. The molecule has 11 heteroatoms. The predicted octanol–water partition coefficient (Wildman–Crippen LogP) is 1.46. The van der Waals surface area contributed by atoms with Crippen molar-refractivity contribution in [1.29, 1.82) is 0 Å². The Morgan fingerprint density at radius 1 is 1.23 bits per heavy atom. The number of aliphatic hydroxyl groups is 1. The molecule has 0 radical (unpaired) electrons. The lowest BCUT2D eigenvalue weighted by atomic mass is 10.1. The van der Waals surface area contributed by atoms with E-state index in [1.54, 1.807) is 6.33 Å². The third-order valence-electron chi connectivity index (χ3n) is 6.27. The summed E-state index contributed by atoms with van der Waals surface area (Å²) in [5.41, 5.74) is 3.98. The third kappa shape index (κ3) is 4.01. The van der Waals surface area contributed by atoms with Gasteiger partial charge >= 0.3 is 10.3 Å². The molecule has 2 aromatic heterocycles. The Morgan fingerprint density at radius 2 is 2.06 bits per heavy atom. The highest BCUT2D eigenvalue weighted by molar-refractivity contribution is 7.84. The van der Waals surface area contributed by atoms with Crippen LogP contribution in [0, 0.1) is 5.92 Å². The Hall–Kier alpha value is -2.60. The van der Waals surface area contributed by atoms with Crippen molar-refractivity contribution in [3.8, 4) is 0 Å². The molecule has 0 amide bonds. The topological polar surface area (TPSA) is 145 Å². The molecular weight excluding hydrogens is 420 g/mol. The number of nitrogens with two attached hydrogens (primary N) is 1. The van der Waals surface area contributed by atoms with Crippen LogP contribution in [0.4, 0.5) is 5.82 Å². The first-order valence-electron chi connectivity index (χ1n) is 10.3. The molecule has 0 spiro atoms. The van der Waals surface area contributed by atoms with Crippen molar-refractivity contribution < 1.29 is 17.7 Å². The third-order valence-corrected chi connectivity index (χ3v) is 6.74. The molecule has 164 valence electrons. The molecule has 0 aliphatic heterocycles. The molecule has 4 atom stereocenters. The maximum atomic E-state index is 11.1. The van der Waals surface area contributed by atoms with Gasteiger partial charge in [-0.25, -0.2) is 20.1 Å². The van der Waals surface area contributed by atoms with Crippen molar-refractivity contribution in [2.45, 2.75) is 43.9 Å². The Balaban J connectivity index is 1.37. The van der Waals surface area contributed by atoms with Gasteiger partial charge in [0.2, 0.25) is 0 Å². The fourth-order valence-electron chi connectivity index (χ4n) is 4.76. The lowest BCUT2D eigenvalue weighted by molar-refractivity contribution is 0.100. The number of hydrogen-bond acceptors (Lipinski definition) is 8. The normalized spacial score (nSPS) is 25.7. The van der Waals surface area contributed by atoms with Gasteiger partial charge in [-0.05, 0) is 36.8 Å². The number of aryl methyl sites for hydroxylation is 1. The second-order valence-corrected chi connectivity index (χ2v) is 9.43. The van der Waals surface area contributed by atoms with E-state index in [1.807, 2.05) is 10.6 Å². The van der Waals surface area contributed by atoms with Crippen LogP contribution in [-0.4, -0.2) is 45.8 Å². The minimum absolute atomic E-state index is 0.0796. The molecule has 1 fully saturated rings. The van der Waals surface area contributed by atoms with E-state index in [0.717, 1.165) is 12.8 Å². The zero-order valence-corrected chi connectivity index (χ0v) is 17.6. The van der Waals surface area contributed by atoms with Crippen LogP contribution in [0.15, 0.2) is 36.9 Å². The molecule has 10 nitrogen and oxygen atoms in total. The number of fused-ring (bicyclic) bond motifs is 2. The Labute approximate surface area is 179 Å². The maximum Gasteiger partial charge on any atom is 0.333 e. The van der Waals surface area contributed by atoms with Crippen LogP contribution in [0.2, 0.25) is 0 Å². The van der Waals surface area contributed by atoms with Gasteiger partial charge in [-0.3, -0.25) is 4.18 Å². The molecule has 0 unspecified atom stereocenters. The summed E-state index contributed by atoms with van der Waals surface area (Å²) >= 11 is 0. The van der Waals surface area contributed by atoms with E-state index in [-0.39, 0.29) is 24.6 Å². The SMILES string of the molecule is NS(=O)(=O)OC[C@H]1C[C@@H](n2cnc3c(N[C@H]4CCc5ccccc54)ncnc32)C[C@@H]1O. The zero-order valence-electron chi connectivity index (χ0n) is 16.8. The van der Waals surface area contributed by atoms with Crippen LogP contribution >= 0.6 is 0 Å². The largest absolute Gasteiger partial charge is 0.393 e. The summed E-state index contributed by atoms with van der Waals surface area (Å²) in [7, 11) is -4.04. The fraction of sp³-hybridized carbons (Fsp3) is 0.450. The quantitative estimate of drug-likeness (QED) is 0.518. The molecule has 4 N–H and O–H groups in total. The van der Waals surface area contributed by atoms with Gasteiger partial charge in [-0.2, -0.15) is 8.42 Å². The fourth-order valence-corrected chi connectivity index (χ4v) is 5.12. The molecule has 2 aliphatic rings. The second kappa shape index (κ2) is 7.83. The van der Waals surface area contributed by atoms with Crippen LogP contribution in [0.1, 0.15) is 42.5 Å². The molecular formula is C20H24N6O4S.